The minimum Gasteiger partial charge on any atom is -0.492 e. The van der Waals surface area contributed by atoms with Crippen molar-refractivity contribution in [1.82, 2.24) is 9.88 Å². The highest BCUT2D eigenvalue weighted by atomic mass is 16.5. The molecular formula is C20H20N2O4. The van der Waals surface area contributed by atoms with Gasteiger partial charge in [-0.3, -0.25) is 4.79 Å². The van der Waals surface area contributed by atoms with Crippen LogP contribution >= 0.6 is 0 Å². The van der Waals surface area contributed by atoms with Crippen molar-refractivity contribution in [2.75, 3.05) is 13.2 Å². The van der Waals surface area contributed by atoms with Gasteiger partial charge in [-0.05, 0) is 29.8 Å². The van der Waals surface area contributed by atoms with Crippen LogP contribution in [-0.4, -0.2) is 34.7 Å². The van der Waals surface area contributed by atoms with Crippen molar-refractivity contribution in [3.05, 3.63) is 65.9 Å². The number of aromatic carboxylic acids is 1. The third-order valence-electron chi connectivity index (χ3n) is 4.10. The molecule has 134 valence electrons. The fourth-order valence-corrected chi connectivity index (χ4v) is 2.88. The summed E-state index contributed by atoms with van der Waals surface area (Å²) in [4.78, 5) is 23.1. The SMILES string of the molecule is Cn1cc(CC(=O)NCCOc2cccc(C(=O)O)c2)c2ccccc21. The maximum Gasteiger partial charge on any atom is 0.335 e. The highest BCUT2D eigenvalue weighted by Gasteiger charge is 2.10. The summed E-state index contributed by atoms with van der Waals surface area (Å²) in [5.41, 5.74) is 2.25. The minimum absolute atomic E-state index is 0.0794. The van der Waals surface area contributed by atoms with E-state index in [1.54, 1.807) is 12.1 Å². The molecule has 0 aliphatic carbocycles. The van der Waals surface area contributed by atoms with Gasteiger partial charge in [0.15, 0.2) is 0 Å². The number of rotatable bonds is 7. The predicted octanol–water partition coefficient (Wildman–Crippen LogP) is 2.61. The molecule has 0 saturated carbocycles. The molecule has 0 radical (unpaired) electrons. The highest BCUT2D eigenvalue weighted by molar-refractivity contribution is 5.89. The Labute approximate surface area is 151 Å². The third-order valence-corrected chi connectivity index (χ3v) is 4.10. The molecule has 6 nitrogen and oxygen atoms in total. The van der Waals surface area contributed by atoms with E-state index in [9.17, 15) is 9.59 Å². The smallest absolute Gasteiger partial charge is 0.335 e. The fraction of sp³-hybridized carbons (Fsp3) is 0.200. The fourth-order valence-electron chi connectivity index (χ4n) is 2.88. The van der Waals surface area contributed by atoms with Gasteiger partial charge in [-0.1, -0.05) is 24.3 Å². The van der Waals surface area contributed by atoms with Crippen LogP contribution in [0.4, 0.5) is 0 Å². The van der Waals surface area contributed by atoms with Crippen LogP contribution in [0.25, 0.3) is 10.9 Å². The number of aromatic nitrogens is 1. The number of hydrogen-bond donors (Lipinski definition) is 2. The summed E-state index contributed by atoms with van der Waals surface area (Å²) in [5, 5.41) is 12.9. The normalized spacial score (nSPS) is 10.7. The second-order valence-corrected chi connectivity index (χ2v) is 5.99. The molecule has 0 spiro atoms. The van der Waals surface area contributed by atoms with Gasteiger partial charge in [0.1, 0.15) is 12.4 Å². The Hall–Kier alpha value is -3.28. The number of nitrogens with zero attached hydrogens (tertiary/aromatic N) is 1. The summed E-state index contributed by atoms with van der Waals surface area (Å²) in [6, 6.07) is 14.2. The zero-order valence-electron chi connectivity index (χ0n) is 14.4. The average Bonchev–Trinajstić information content (AvgIpc) is 2.95. The topological polar surface area (TPSA) is 80.6 Å². The van der Waals surface area contributed by atoms with Crippen LogP contribution in [0.3, 0.4) is 0 Å². The van der Waals surface area contributed by atoms with E-state index in [1.165, 1.54) is 12.1 Å². The van der Waals surface area contributed by atoms with Crippen LogP contribution in [0.1, 0.15) is 15.9 Å². The van der Waals surface area contributed by atoms with E-state index in [1.807, 2.05) is 42.1 Å². The van der Waals surface area contributed by atoms with Gasteiger partial charge >= 0.3 is 5.97 Å². The molecule has 3 aromatic rings. The monoisotopic (exact) mass is 352 g/mol. The molecule has 2 aromatic carbocycles. The van der Waals surface area contributed by atoms with Gasteiger partial charge in [-0.15, -0.1) is 0 Å². The number of carboxylic acids is 1. The van der Waals surface area contributed by atoms with Crippen molar-refractivity contribution in [3.63, 3.8) is 0 Å². The number of nitrogens with one attached hydrogen (secondary N) is 1. The summed E-state index contributed by atoms with van der Waals surface area (Å²) < 4.78 is 7.50. The standard InChI is InChI=1S/C20H20N2O4/c1-22-13-15(17-7-2-3-8-18(17)22)12-19(23)21-9-10-26-16-6-4-5-14(11-16)20(24)25/h2-8,11,13H,9-10,12H2,1H3,(H,21,23)(H,24,25). The Bertz CT molecular complexity index is 946. The number of aryl methyl sites for hydroxylation is 1. The van der Waals surface area contributed by atoms with E-state index < -0.39 is 5.97 Å². The Kier molecular flexibility index (Phi) is 5.22. The molecule has 0 fully saturated rings. The number of fused-ring (bicyclic) bond motifs is 1. The Balaban J connectivity index is 1.50. The number of carboxylic acid groups (broad SMARTS) is 1. The molecule has 0 bridgehead atoms. The van der Waals surface area contributed by atoms with Gasteiger partial charge in [0, 0.05) is 24.1 Å². The first-order valence-corrected chi connectivity index (χ1v) is 8.30. The summed E-state index contributed by atoms with van der Waals surface area (Å²) in [5.74, 6) is -0.615. The quantitative estimate of drug-likeness (QED) is 0.641. The number of carbonyl (C=O) groups is 2. The van der Waals surface area contributed by atoms with Crippen molar-refractivity contribution in [2.45, 2.75) is 6.42 Å². The van der Waals surface area contributed by atoms with Crippen LogP contribution in [0.15, 0.2) is 54.7 Å². The lowest BCUT2D eigenvalue weighted by molar-refractivity contribution is -0.120. The van der Waals surface area contributed by atoms with Crippen LogP contribution < -0.4 is 10.1 Å². The molecule has 0 atom stereocenters. The van der Waals surface area contributed by atoms with Crippen LogP contribution in [0.2, 0.25) is 0 Å². The Morgan fingerprint density at radius 2 is 1.96 bits per heavy atom. The Morgan fingerprint density at radius 3 is 2.77 bits per heavy atom. The Morgan fingerprint density at radius 1 is 1.15 bits per heavy atom. The first-order chi connectivity index (χ1) is 12.5. The van der Waals surface area contributed by atoms with Crippen molar-refractivity contribution in [2.24, 2.45) is 7.05 Å². The number of benzene rings is 2. The first-order valence-electron chi connectivity index (χ1n) is 8.30. The molecule has 1 aromatic heterocycles. The third kappa shape index (κ3) is 4.03. The number of para-hydroxylation sites is 1. The van der Waals surface area contributed by atoms with Gasteiger partial charge in [0.25, 0.3) is 0 Å². The van der Waals surface area contributed by atoms with Gasteiger partial charge < -0.3 is 19.7 Å². The van der Waals surface area contributed by atoms with E-state index in [-0.39, 0.29) is 18.1 Å². The zero-order valence-corrected chi connectivity index (χ0v) is 14.4. The lowest BCUT2D eigenvalue weighted by atomic mass is 10.1. The van der Waals surface area contributed by atoms with E-state index >= 15 is 0 Å². The number of ether oxygens (including phenoxy) is 1. The van der Waals surface area contributed by atoms with Gasteiger partial charge in [-0.2, -0.15) is 0 Å². The molecule has 1 heterocycles. The lowest BCUT2D eigenvalue weighted by Crippen LogP contribution is -2.29. The lowest BCUT2D eigenvalue weighted by Gasteiger charge is -2.08. The zero-order chi connectivity index (χ0) is 18.5. The highest BCUT2D eigenvalue weighted by Crippen LogP contribution is 2.20. The van der Waals surface area contributed by atoms with Crippen molar-refractivity contribution >= 4 is 22.8 Å². The second-order valence-electron chi connectivity index (χ2n) is 5.99. The molecule has 2 N–H and O–H groups in total. The summed E-state index contributed by atoms with van der Waals surface area (Å²) in [6.45, 7) is 0.616. The van der Waals surface area contributed by atoms with Gasteiger partial charge in [0.05, 0.1) is 18.5 Å². The van der Waals surface area contributed by atoms with Gasteiger partial charge in [-0.25, -0.2) is 4.79 Å². The number of carbonyl (C=O) groups excluding carboxylic acids is 1. The minimum atomic E-state index is -1.00. The van der Waals surface area contributed by atoms with Crippen LogP contribution in [-0.2, 0) is 18.3 Å². The van der Waals surface area contributed by atoms with E-state index in [2.05, 4.69) is 5.32 Å². The molecular weight excluding hydrogens is 332 g/mol. The summed E-state index contributed by atoms with van der Waals surface area (Å²) >= 11 is 0. The largest absolute Gasteiger partial charge is 0.492 e. The van der Waals surface area contributed by atoms with Crippen LogP contribution in [0.5, 0.6) is 5.75 Å². The van der Waals surface area contributed by atoms with Crippen molar-refractivity contribution in [3.8, 4) is 5.75 Å². The first kappa shape index (κ1) is 17.5. The summed E-state index contributed by atoms with van der Waals surface area (Å²) in [7, 11) is 1.96. The molecule has 6 heteroatoms. The molecule has 0 aliphatic rings. The average molecular weight is 352 g/mol. The number of hydrogen-bond acceptors (Lipinski definition) is 3. The van der Waals surface area contributed by atoms with Crippen molar-refractivity contribution in [1.29, 1.82) is 0 Å². The predicted molar refractivity (Wildman–Crippen MR) is 98.5 cm³/mol. The molecule has 0 saturated heterocycles. The summed E-state index contributed by atoms with van der Waals surface area (Å²) in [6.07, 6.45) is 2.27. The number of amides is 1. The molecule has 1 amide bonds. The maximum atomic E-state index is 12.2. The second kappa shape index (κ2) is 7.74. The van der Waals surface area contributed by atoms with Crippen molar-refractivity contribution < 1.29 is 19.4 Å². The van der Waals surface area contributed by atoms with Crippen LogP contribution in [0, 0.1) is 0 Å². The van der Waals surface area contributed by atoms with Gasteiger partial charge in [0.2, 0.25) is 5.91 Å². The molecule has 3 rings (SSSR count). The molecule has 26 heavy (non-hydrogen) atoms. The van der Waals surface area contributed by atoms with E-state index in [0.717, 1.165) is 16.5 Å². The van der Waals surface area contributed by atoms with E-state index in [4.69, 9.17) is 9.84 Å². The maximum absolute atomic E-state index is 12.2. The molecule has 0 unspecified atom stereocenters. The molecule has 0 aliphatic heterocycles. The van der Waals surface area contributed by atoms with E-state index in [0.29, 0.717) is 18.7 Å².